The van der Waals surface area contributed by atoms with Crippen LogP contribution in [-0.2, 0) is 9.53 Å². The van der Waals surface area contributed by atoms with E-state index < -0.39 is 5.97 Å². The van der Waals surface area contributed by atoms with E-state index in [9.17, 15) is 9.59 Å². The maximum absolute atomic E-state index is 12.2. The molecule has 6 nitrogen and oxygen atoms in total. The number of carbonyl (C=O) groups is 2. The van der Waals surface area contributed by atoms with Gasteiger partial charge in [0, 0.05) is 5.69 Å². The van der Waals surface area contributed by atoms with Gasteiger partial charge in [-0.15, -0.1) is 0 Å². The van der Waals surface area contributed by atoms with Gasteiger partial charge in [-0.05, 0) is 63.6 Å². The lowest BCUT2D eigenvalue weighted by Crippen LogP contribution is -2.21. The van der Waals surface area contributed by atoms with Crippen LogP contribution in [0.2, 0.25) is 5.02 Å². The van der Waals surface area contributed by atoms with Crippen molar-refractivity contribution in [2.24, 2.45) is 0 Å². The second-order valence-corrected chi connectivity index (χ2v) is 7.26. The molecule has 1 amide bonds. The Balaban J connectivity index is 1.60. The first-order valence-corrected chi connectivity index (χ1v) is 9.50. The zero-order valence-corrected chi connectivity index (χ0v) is 17.5. The fourth-order valence-electron chi connectivity index (χ4n) is 2.97. The average Bonchev–Trinajstić information content (AvgIpc) is 2.96. The molecule has 0 fully saturated rings. The van der Waals surface area contributed by atoms with E-state index >= 15 is 0 Å². The topological polar surface area (TPSA) is 73.2 Å². The minimum Gasteiger partial charge on any atom is -0.452 e. The summed E-state index contributed by atoms with van der Waals surface area (Å²) >= 11 is 6.18. The van der Waals surface area contributed by atoms with Crippen molar-refractivity contribution < 1.29 is 14.3 Å². The highest BCUT2D eigenvalue weighted by Crippen LogP contribution is 2.22. The molecule has 0 aliphatic carbocycles. The molecule has 7 heteroatoms. The van der Waals surface area contributed by atoms with Crippen LogP contribution >= 0.6 is 11.6 Å². The van der Waals surface area contributed by atoms with Gasteiger partial charge in [0.25, 0.3) is 5.91 Å². The summed E-state index contributed by atoms with van der Waals surface area (Å²) in [7, 11) is 0. The number of esters is 1. The molecule has 0 aliphatic heterocycles. The van der Waals surface area contributed by atoms with Crippen LogP contribution in [0.15, 0.2) is 42.5 Å². The summed E-state index contributed by atoms with van der Waals surface area (Å²) in [6.45, 7) is 7.24. The van der Waals surface area contributed by atoms with Crippen LogP contribution < -0.4 is 5.32 Å². The van der Waals surface area contributed by atoms with E-state index in [1.807, 2.05) is 45.9 Å². The van der Waals surface area contributed by atoms with Gasteiger partial charge in [0.15, 0.2) is 6.61 Å². The lowest BCUT2D eigenvalue weighted by atomic mass is 10.1. The minimum atomic E-state index is -0.571. The van der Waals surface area contributed by atoms with Gasteiger partial charge in [-0.2, -0.15) is 5.10 Å². The standard InChI is InChI=1S/C22H22ClN3O3/c1-13-5-10-19(14(2)11-13)24-20(27)12-29-22(28)17-6-8-18(9-7-17)26-16(4)21(23)15(3)25-26/h5-11H,12H2,1-4H3,(H,24,27). The number of amides is 1. The van der Waals surface area contributed by atoms with Gasteiger partial charge in [-0.3, -0.25) is 4.79 Å². The van der Waals surface area contributed by atoms with Gasteiger partial charge >= 0.3 is 5.97 Å². The number of hydrogen-bond donors (Lipinski definition) is 1. The molecule has 1 N–H and O–H groups in total. The first-order valence-electron chi connectivity index (χ1n) is 9.12. The van der Waals surface area contributed by atoms with E-state index in [0.29, 0.717) is 16.3 Å². The Kier molecular flexibility index (Phi) is 6.03. The second-order valence-electron chi connectivity index (χ2n) is 6.89. The summed E-state index contributed by atoms with van der Waals surface area (Å²) in [5.41, 5.74) is 5.44. The van der Waals surface area contributed by atoms with Crippen molar-refractivity contribution in [3.05, 3.63) is 75.6 Å². The van der Waals surface area contributed by atoms with Gasteiger partial charge < -0.3 is 10.1 Å². The number of ether oxygens (including phenoxy) is 1. The number of benzene rings is 2. The first-order chi connectivity index (χ1) is 13.8. The Bertz CT molecular complexity index is 1070. The zero-order chi connectivity index (χ0) is 21.1. The average molecular weight is 412 g/mol. The van der Waals surface area contributed by atoms with Crippen LogP contribution in [-0.4, -0.2) is 28.3 Å². The third-order valence-electron chi connectivity index (χ3n) is 4.54. The molecule has 0 bridgehead atoms. The normalized spacial score (nSPS) is 10.7. The molecule has 0 saturated heterocycles. The number of aromatic nitrogens is 2. The molecule has 150 valence electrons. The van der Waals surface area contributed by atoms with E-state index in [2.05, 4.69) is 10.4 Å². The minimum absolute atomic E-state index is 0.348. The molecule has 0 radical (unpaired) electrons. The molecule has 1 heterocycles. The molecule has 2 aromatic carbocycles. The van der Waals surface area contributed by atoms with E-state index in [-0.39, 0.29) is 12.5 Å². The summed E-state index contributed by atoms with van der Waals surface area (Å²) in [6, 6.07) is 12.5. The van der Waals surface area contributed by atoms with Gasteiger partial charge in [-0.25, -0.2) is 9.48 Å². The molecule has 0 saturated carbocycles. The highest BCUT2D eigenvalue weighted by molar-refractivity contribution is 6.31. The predicted molar refractivity (Wildman–Crippen MR) is 113 cm³/mol. The lowest BCUT2D eigenvalue weighted by molar-refractivity contribution is -0.119. The monoisotopic (exact) mass is 411 g/mol. The number of hydrogen-bond acceptors (Lipinski definition) is 4. The van der Waals surface area contributed by atoms with Crippen LogP contribution in [0.3, 0.4) is 0 Å². The van der Waals surface area contributed by atoms with Crippen molar-refractivity contribution in [3.8, 4) is 5.69 Å². The van der Waals surface area contributed by atoms with Crippen molar-refractivity contribution in [1.82, 2.24) is 9.78 Å². The van der Waals surface area contributed by atoms with Crippen LogP contribution in [0.1, 0.15) is 32.9 Å². The van der Waals surface area contributed by atoms with E-state index in [4.69, 9.17) is 16.3 Å². The quantitative estimate of drug-likeness (QED) is 0.625. The van der Waals surface area contributed by atoms with Crippen molar-refractivity contribution >= 4 is 29.2 Å². The molecule has 0 aliphatic rings. The number of nitrogens with zero attached hydrogens (tertiary/aromatic N) is 2. The van der Waals surface area contributed by atoms with E-state index in [1.54, 1.807) is 28.9 Å². The van der Waals surface area contributed by atoms with E-state index in [0.717, 1.165) is 28.2 Å². The summed E-state index contributed by atoms with van der Waals surface area (Å²) < 4.78 is 6.84. The largest absolute Gasteiger partial charge is 0.452 e. The Morgan fingerprint density at radius 1 is 1.07 bits per heavy atom. The van der Waals surface area contributed by atoms with Crippen molar-refractivity contribution in [3.63, 3.8) is 0 Å². The second kappa shape index (κ2) is 8.49. The smallest absolute Gasteiger partial charge is 0.338 e. The first kappa shape index (κ1) is 20.6. The van der Waals surface area contributed by atoms with Gasteiger partial charge in [0.2, 0.25) is 0 Å². The maximum Gasteiger partial charge on any atom is 0.338 e. The summed E-state index contributed by atoms with van der Waals surface area (Å²) in [6.07, 6.45) is 0. The fourth-order valence-corrected chi connectivity index (χ4v) is 3.09. The van der Waals surface area contributed by atoms with Crippen LogP contribution in [0, 0.1) is 27.7 Å². The zero-order valence-electron chi connectivity index (χ0n) is 16.7. The van der Waals surface area contributed by atoms with Crippen LogP contribution in [0.5, 0.6) is 0 Å². The Hall–Kier alpha value is -3.12. The fraction of sp³-hybridized carbons (Fsp3) is 0.227. The van der Waals surface area contributed by atoms with Gasteiger partial charge in [0.1, 0.15) is 0 Å². The molecule has 0 unspecified atom stereocenters. The summed E-state index contributed by atoms with van der Waals surface area (Å²) in [4.78, 5) is 24.3. The molecule has 0 atom stereocenters. The van der Waals surface area contributed by atoms with Crippen molar-refractivity contribution in [2.75, 3.05) is 11.9 Å². The number of halogens is 1. The number of anilines is 1. The molecular formula is C22H22ClN3O3. The van der Waals surface area contributed by atoms with Crippen molar-refractivity contribution in [1.29, 1.82) is 0 Å². The van der Waals surface area contributed by atoms with E-state index in [1.165, 1.54) is 0 Å². The van der Waals surface area contributed by atoms with Gasteiger partial charge in [-0.1, -0.05) is 29.3 Å². The number of aryl methyl sites for hydroxylation is 3. The Morgan fingerprint density at radius 2 is 1.76 bits per heavy atom. The summed E-state index contributed by atoms with van der Waals surface area (Å²) in [5.74, 6) is -0.960. The molecular weight excluding hydrogens is 390 g/mol. The van der Waals surface area contributed by atoms with Crippen LogP contribution in [0.4, 0.5) is 5.69 Å². The van der Waals surface area contributed by atoms with Crippen LogP contribution in [0.25, 0.3) is 5.69 Å². The Labute approximate surface area is 174 Å². The highest BCUT2D eigenvalue weighted by atomic mass is 35.5. The molecule has 3 rings (SSSR count). The SMILES string of the molecule is Cc1ccc(NC(=O)COC(=O)c2ccc(-n3nc(C)c(Cl)c3C)cc2)c(C)c1. The van der Waals surface area contributed by atoms with Crippen molar-refractivity contribution in [2.45, 2.75) is 27.7 Å². The highest BCUT2D eigenvalue weighted by Gasteiger charge is 2.14. The molecule has 29 heavy (non-hydrogen) atoms. The predicted octanol–water partition coefficient (Wildman–Crippen LogP) is 4.55. The molecule has 1 aromatic heterocycles. The van der Waals surface area contributed by atoms with Gasteiger partial charge in [0.05, 0.1) is 27.7 Å². The molecule has 3 aromatic rings. The summed E-state index contributed by atoms with van der Waals surface area (Å²) in [5, 5.41) is 7.74. The third-order valence-corrected chi connectivity index (χ3v) is 5.09. The lowest BCUT2D eigenvalue weighted by Gasteiger charge is -2.10. The Morgan fingerprint density at radius 3 is 2.34 bits per heavy atom. The number of nitrogens with one attached hydrogen (secondary N) is 1. The number of carbonyl (C=O) groups excluding carboxylic acids is 2. The molecule has 0 spiro atoms. The maximum atomic E-state index is 12.2. The third kappa shape index (κ3) is 4.66. The number of rotatable bonds is 5.